The summed E-state index contributed by atoms with van der Waals surface area (Å²) in [4.78, 5) is 9.21. The van der Waals surface area contributed by atoms with Gasteiger partial charge in [0.1, 0.15) is 5.82 Å². The Morgan fingerprint density at radius 2 is 2.33 bits per heavy atom. The zero-order chi connectivity index (χ0) is 13.0. The Hall–Kier alpha value is -1.13. The molecule has 1 unspecified atom stereocenters. The molecule has 2 heterocycles. The molecule has 1 aliphatic rings. The monoisotopic (exact) mass is 248 g/mol. The van der Waals surface area contributed by atoms with Crippen molar-refractivity contribution in [1.29, 1.82) is 0 Å². The number of nitrogens with zero attached hydrogens (tertiary/aromatic N) is 3. The fourth-order valence-electron chi connectivity index (χ4n) is 2.61. The summed E-state index contributed by atoms with van der Waals surface area (Å²) in [6, 6.07) is 4.27. The number of hydrogen-bond acceptors (Lipinski definition) is 4. The molecule has 100 valence electrons. The fourth-order valence-corrected chi connectivity index (χ4v) is 2.61. The van der Waals surface area contributed by atoms with Crippen LogP contribution in [0.2, 0.25) is 0 Å². The maximum Gasteiger partial charge on any atom is 0.128 e. The van der Waals surface area contributed by atoms with Crippen LogP contribution in [0.15, 0.2) is 18.3 Å². The summed E-state index contributed by atoms with van der Waals surface area (Å²) < 4.78 is 0. The summed E-state index contributed by atoms with van der Waals surface area (Å²) in [5.41, 5.74) is 1.23. The van der Waals surface area contributed by atoms with E-state index in [-0.39, 0.29) is 0 Å². The first kappa shape index (κ1) is 13.3. The Kier molecular flexibility index (Phi) is 4.55. The largest absolute Gasteiger partial charge is 0.359 e. The van der Waals surface area contributed by atoms with Crippen LogP contribution in [-0.4, -0.2) is 50.7 Å². The lowest BCUT2D eigenvalue weighted by Gasteiger charge is -2.22. The first-order valence-corrected chi connectivity index (χ1v) is 6.68. The van der Waals surface area contributed by atoms with Crippen LogP contribution in [0.5, 0.6) is 0 Å². The molecule has 1 aromatic rings. The van der Waals surface area contributed by atoms with E-state index in [2.05, 4.69) is 46.3 Å². The van der Waals surface area contributed by atoms with Crippen LogP contribution >= 0.6 is 0 Å². The number of rotatable bonds is 5. The lowest BCUT2D eigenvalue weighted by atomic mass is 10.1. The van der Waals surface area contributed by atoms with Gasteiger partial charge in [0.05, 0.1) is 0 Å². The fraction of sp³-hybridized carbons (Fsp3) is 0.643. The van der Waals surface area contributed by atoms with Gasteiger partial charge < -0.3 is 15.1 Å². The molecular weight excluding hydrogens is 224 g/mol. The highest BCUT2D eigenvalue weighted by molar-refractivity contribution is 5.38. The van der Waals surface area contributed by atoms with E-state index in [4.69, 9.17) is 0 Å². The Labute approximate surface area is 110 Å². The molecule has 4 nitrogen and oxygen atoms in total. The van der Waals surface area contributed by atoms with Crippen molar-refractivity contribution in [3.05, 3.63) is 23.9 Å². The maximum atomic E-state index is 4.53. The number of pyridine rings is 1. The van der Waals surface area contributed by atoms with Gasteiger partial charge in [-0.15, -0.1) is 0 Å². The number of hydrogen-bond donors (Lipinski definition) is 1. The van der Waals surface area contributed by atoms with E-state index in [1.54, 1.807) is 0 Å². The molecule has 2 rings (SSSR count). The van der Waals surface area contributed by atoms with Gasteiger partial charge in [0.2, 0.25) is 0 Å². The number of likely N-dealkylation sites (tertiary alicyclic amines) is 1. The van der Waals surface area contributed by atoms with Crippen molar-refractivity contribution in [2.45, 2.75) is 13.0 Å². The molecule has 0 radical (unpaired) electrons. The van der Waals surface area contributed by atoms with Gasteiger partial charge in [-0.05, 0) is 44.6 Å². The molecule has 1 aliphatic heterocycles. The van der Waals surface area contributed by atoms with E-state index in [0.29, 0.717) is 0 Å². The van der Waals surface area contributed by atoms with Crippen molar-refractivity contribution in [1.82, 2.24) is 15.2 Å². The molecule has 0 spiro atoms. The first-order valence-electron chi connectivity index (χ1n) is 6.68. The average molecular weight is 248 g/mol. The van der Waals surface area contributed by atoms with E-state index >= 15 is 0 Å². The Morgan fingerprint density at radius 1 is 1.50 bits per heavy atom. The van der Waals surface area contributed by atoms with Crippen molar-refractivity contribution < 1.29 is 0 Å². The van der Waals surface area contributed by atoms with E-state index in [1.807, 2.05) is 13.2 Å². The average Bonchev–Trinajstić information content (AvgIpc) is 2.76. The van der Waals surface area contributed by atoms with E-state index in [9.17, 15) is 0 Å². The van der Waals surface area contributed by atoms with Crippen LogP contribution in [0, 0.1) is 5.92 Å². The molecule has 0 amide bonds. The Bertz CT molecular complexity index is 363. The van der Waals surface area contributed by atoms with E-state index in [0.717, 1.165) is 24.8 Å². The maximum absolute atomic E-state index is 4.53. The van der Waals surface area contributed by atoms with Crippen LogP contribution in [-0.2, 0) is 6.54 Å². The van der Waals surface area contributed by atoms with Gasteiger partial charge in [-0.2, -0.15) is 0 Å². The van der Waals surface area contributed by atoms with Crippen molar-refractivity contribution in [2.24, 2.45) is 5.92 Å². The predicted molar refractivity (Wildman–Crippen MR) is 75.9 cm³/mol. The van der Waals surface area contributed by atoms with Gasteiger partial charge in [-0.25, -0.2) is 4.98 Å². The molecule has 1 saturated heterocycles. The molecule has 1 N–H and O–H groups in total. The van der Waals surface area contributed by atoms with Crippen molar-refractivity contribution in [3.8, 4) is 0 Å². The Balaban J connectivity index is 1.90. The predicted octanol–water partition coefficient (Wildman–Crippen LogP) is 1.19. The molecule has 1 fully saturated rings. The minimum absolute atomic E-state index is 0.777. The topological polar surface area (TPSA) is 31.4 Å². The van der Waals surface area contributed by atoms with E-state index < -0.39 is 0 Å². The third-order valence-electron chi connectivity index (χ3n) is 3.60. The highest BCUT2D eigenvalue weighted by Crippen LogP contribution is 2.18. The molecule has 18 heavy (non-hydrogen) atoms. The summed E-state index contributed by atoms with van der Waals surface area (Å²) in [7, 11) is 6.29. The normalized spacial score (nSPS) is 20.3. The van der Waals surface area contributed by atoms with Gasteiger partial charge >= 0.3 is 0 Å². The molecule has 4 heteroatoms. The molecule has 1 atom stereocenters. The SMILES string of the molecule is CNCc1ccc(N(C)CC2CCN(C)C2)nc1. The smallest absolute Gasteiger partial charge is 0.128 e. The molecule has 0 aromatic carbocycles. The summed E-state index contributed by atoms with van der Waals surface area (Å²) >= 11 is 0. The van der Waals surface area contributed by atoms with Crippen LogP contribution in [0.4, 0.5) is 5.82 Å². The highest BCUT2D eigenvalue weighted by Gasteiger charge is 2.21. The third-order valence-corrected chi connectivity index (χ3v) is 3.60. The molecule has 0 bridgehead atoms. The van der Waals surface area contributed by atoms with Crippen molar-refractivity contribution >= 4 is 5.82 Å². The number of nitrogens with one attached hydrogen (secondary N) is 1. The van der Waals surface area contributed by atoms with E-state index in [1.165, 1.54) is 25.1 Å². The van der Waals surface area contributed by atoms with Gasteiger partial charge in [0, 0.05) is 32.9 Å². The quantitative estimate of drug-likeness (QED) is 0.848. The second-order valence-electron chi connectivity index (χ2n) is 5.35. The summed E-state index contributed by atoms with van der Waals surface area (Å²) in [6.45, 7) is 4.42. The zero-order valence-corrected chi connectivity index (χ0v) is 11.7. The lowest BCUT2D eigenvalue weighted by molar-refractivity contribution is 0.395. The Morgan fingerprint density at radius 3 is 2.89 bits per heavy atom. The molecular formula is C14H24N4. The molecule has 0 aliphatic carbocycles. The summed E-state index contributed by atoms with van der Waals surface area (Å²) in [6.07, 6.45) is 3.27. The first-order chi connectivity index (χ1) is 8.69. The van der Waals surface area contributed by atoms with Crippen molar-refractivity contribution in [3.63, 3.8) is 0 Å². The second-order valence-corrected chi connectivity index (χ2v) is 5.35. The zero-order valence-electron chi connectivity index (χ0n) is 11.7. The van der Waals surface area contributed by atoms with Gasteiger partial charge in [0.25, 0.3) is 0 Å². The second kappa shape index (κ2) is 6.16. The minimum Gasteiger partial charge on any atom is -0.359 e. The standard InChI is InChI=1S/C14H24N4/c1-15-8-12-4-5-14(16-9-12)18(3)11-13-6-7-17(2)10-13/h4-5,9,13,15H,6-8,10-11H2,1-3H3. The minimum atomic E-state index is 0.777. The van der Waals surface area contributed by atoms with Gasteiger partial charge in [-0.3, -0.25) is 0 Å². The highest BCUT2D eigenvalue weighted by atomic mass is 15.2. The lowest BCUT2D eigenvalue weighted by Crippen LogP contribution is -2.27. The van der Waals surface area contributed by atoms with Crippen LogP contribution in [0.25, 0.3) is 0 Å². The van der Waals surface area contributed by atoms with Crippen LogP contribution in [0.1, 0.15) is 12.0 Å². The van der Waals surface area contributed by atoms with Crippen LogP contribution in [0.3, 0.4) is 0 Å². The number of anilines is 1. The van der Waals surface area contributed by atoms with Crippen molar-refractivity contribution in [2.75, 3.05) is 45.7 Å². The van der Waals surface area contributed by atoms with Gasteiger partial charge in [-0.1, -0.05) is 6.07 Å². The third kappa shape index (κ3) is 3.43. The summed E-state index contributed by atoms with van der Waals surface area (Å²) in [5.74, 6) is 1.85. The van der Waals surface area contributed by atoms with Crippen LogP contribution < -0.4 is 10.2 Å². The van der Waals surface area contributed by atoms with Gasteiger partial charge in [0.15, 0.2) is 0 Å². The number of aromatic nitrogens is 1. The molecule has 0 saturated carbocycles. The summed E-state index contributed by atoms with van der Waals surface area (Å²) in [5, 5.41) is 3.14. The molecule has 1 aromatic heterocycles.